The molecular weight excluding hydrogens is 216 g/mol. The topological polar surface area (TPSA) is 62.2 Å². The highest BCUT2D eigenvalue weighted by Gasteiger charge is 2.12. The molecule has 0 spiro atoms. The van der Waals surface area contributed by atoms with Gasteiger partial charge in [-0.3, -0.25) is 15.0 Å². The second-order valence-electron chi connectivity index (χ2n) is 2.94. The fourth-order valence-corrected chi connectivity index (χ4v) is 1.68. The van der Waals surface area contributed by atoms with E-state index in [9.17, 15) is 4.79 Å². The van der Waals surface area contributed by atoms with Gasteiger partial charge in [0, 0.05) is 11.6 Å². The van der Waals surface area contributed by atoms with E-state index in [0.717, 1.165) is 5.39 Å². The zero-order valence-electron chi connectivity index (χ0n) is 7.57. The Bertz CT molecular complexity index is 523. The van der Waals surface area contributed by atoms with Crippen molar-refractivity contribution in [1.82, 2.24) is 10.5 Å². The van der Waals surface area contributed by atoms with E-state index in [1.54, 1.807) is 23.7 Å². The standard InChI is InChI=1S/C10H7ClN2O2/c11-7-3-1-2-6-4-5-12-9(8(6)7)10(14)13-15/h1-5,15H,(H,13,14). The van der Waals surface area contributed by atoms with Gasteiger partial charge in [0.25, 0.3) is 5.91 Å². The molecule has 0 bridgehead atoms. The molecule has 15 heavy (non-hydrogen) atoms. The Morgan fingerprint density at radius 2 is 2.20 bits per heavy atom. The summed E-state index contributed by atoms with van der Waals surface area (Å²) >= 11 is 5.96. The first-order valence-electron chi connectivity index (χ1n) is 4.21. The molecule has 76 valence electrons. The van der Waals surface area contributed by atoms with Gasteiger partial charge in [-0.25, -0.2) is 5.48 Å². The molecule has 0 radical (unpaired) electrons. The van der Waals surface area contributed by atoms with Gasteiger partial charge in [-0.1, -0.05) is 23.7 Å². The molecule has 1 amide bonds. The maximum Gasteiger partial charge on any atom is 0.293 e. The van der Waals surface area contributed by atoms with E-state index in [-0.39, 0.29) is 5.69 Å². The summed E-state index contributed by atoms with van der Waals surface area (Å²) in [5.41, 5.74) is 1.65. The number of nitrogens with zero attached hydrogens (tertiary/aromatic N) is 1. The number of hydrogen-bond donors (Lipinski definition) is 2. The first-order chi connectivity index (χ1) is 7.24. The van der Waals surface area contributed by atoms with Crippen molar-refractivity contribution in [3.63, 3.8) is 0 Å². The van der Waals surface area contributed by atoms with Crippen LogP contribution in [0.2, 0.25) is 5.02 Å². The van der Waals surface area contributed by atoms with E-state index in [4.69, 9.17) is 16.8 Å². The van der Waals surface area contributed by atoms with Crippen LogP contribution in [0.1, 0.15) is 10.5 Å². The predicted molar refractivity (Wildman–Crippen MR) is 56.0 cm³/mol. The molecule has 0 aliphatic heterocycles. The van der Waals surface area contributed by atoms with Crippen LogP contribution in [0, 0.1) is 0 Å². The van der Waals surface area contributed by atoms with Crippen LogP contribution in [-0.2, 0) is 0 Å². The molecule has 0 fully saturated rings. The normalized spacial score (nSPS) is 10.3. The molecule has 2 aromatic rings. The minimum absolute atomic E-state index is 0.112. The van der Waals surface area contributed by atoms with E-state index in [0.29, 0.717) is 10.4 Å². The first-order valence-corrected chi connectivity index (χ1v) is 4.59. The van der Waals surface area contributed by atoms with Gasteiger partial charge in [0.2, 0.25) is 0 Å². The minimum atomic E-state index is -0.672. The lowest BCUT2D eigenvalue weighted by atomic mass is 10.1. The SMILES string of the molecule is O=C(NO)c1nccc2cccc(Cl)c12. The summed E-state index contributed by atoms with van der Waals surface area (Å²) < 4.78 is 0. The largest absolute Gasteiger partial charge is 0.293 e. The third-order valence-electron chi connectivity index (χ3n) is 2.06. The lowest BCUT2D eigenvalue weighted by Crippen LogP contribution is -2.20. The summed E-state index contributed by atoms with van der Waals surface area (Å²) in [7, 11) is 0. The third-order valence-corrected chi connectivity index (χ3v) is 2.37. The predicted octanol–water partition coefficient (Wildman–Crippen LogP) is 2.01. The number of aromatic nitrogens is 1. The van der Waals surface area contributed by atoms with Crippen molar-refractivity contribution in [2.24, 2.45) is 0 Å². The molecule has 5 heteroatoms. The van der Waals surface area contributed by atoms with Crippen LogP contribution in [0.4, 0.5) is 0 Å². The molecule has 0 atom stereocenters. The Hall–Kier alpha value is -1.65. The van der Waals surface area contributed by atoms with Crippen molar-refractivity contribution in [2.45, 2.75) is 0 Å². The second kappa shape index (κ2) is 3.84. The molecule has 1 aromatic heterocycles. The second-order valence-corrected chi connectivity index (χ2v) is 3.35. The van der Waals surface area contributed by atoms with Crippen molar-refractivity contribution in [3.8, 4) is 0 Å². The summed E-state index contributed by atoms with van der Waals surface area (Å²) in [6.07, 6.45) is 1.49. The monoisotopic (exact) mass is 222 g/mol. The average molecular weight is 223 g/mol. The Morgan fingerprint density at radius 3 is 2.93 bits per heavy atom. The zero-order valence-corrected chi connectivity index (χ0v) is 8.32. The number of pyridine rings is 1. The molecule has 2 rings (SSSR count). The lowest BCUT2D eigenvalue weighted by Gasteiger charge is -2.04. The molecule has 4 nitrogen and oxygen atoms in total. The van der Waals surface area contributed by atoms with Crippen molar-refractivity contribution in [3.05, 3.63) is 41.2 Å². The number of carbonyl (C=O) groups is 1. The van der Waals surface area contributed by atoms with Crippen molar-refractivity contribution in [1.29, 1.82) is 0 Å². The Morgan fingerprint density at radius 1 is 1.40 bits per heavy atom. The highest BCUT2D eigenvalue weighted by molar-refractivity contribution is 6.36. The van der Waals surface area contributed by atoms with Crippen LogP contribution in [0.5, 0.6) is 0 Å². The summed E-state index contributed by atoms with van der Waals surface area (Å²) in [4.78, 5) is 15.2. The van der Waals surface area contributed by atoms with Gasteiger partial charge in [-0.05, 0) is 17.5 Å². The molecule has 2 N–H and O–H groups in total. The number of hydrogen-bond acceptors (Lipinski definition) is 3. The van der Waals surface area contributed by atoms with Crippen LogP contribution in [0.15, 0.2) is 30.5 Å². The van der Waals surface area contributed by atoms with E-state index in [1.807, 2.05) is 6.07 Å². The van der Waals surface area contributed by atoms with Crippen LogP contribution in [-0.4, -0.2) is 16.1 Å². The molecular formula is C10H7ClN2O2. The first kappa shape index (κ1) is 9.89. The van der Waals surface area contributed by atoms with E-state index in [1.165, 1.54) is 6.20 Å². The maximum absolute atomic E-state index is 11.3. The molecule has 0 saturated heterocycles. The third kappa shape index (κ3) is 1.65. The molecule has 0 aliphatic rings. The Balaban J connectivity index is 2.80. The number of nitrogens with one attached hydrogen (secondary N) is 1. The van der Waals surface area contributed by atoms with Gasteiger partial charge < -0.3 is 0 Å². The summed E-state index contributed by atoms with van der Waals surface area (Å²) in [6, 6.07) is 7.01. The van der Waals surface area contributed by atoms with Crippen LogP contribution < -0.4 is 5.48 Å². The van der Waals surface area contributed by atoms with Crippen molar-refractivity contribution < 1.29 is 10.0 Å². The summed E-state index contributed by atoms with van der Waals surface area (Å²) in [5.74, 6) is -0.672. The number of fused-ring (bicyclic) bond motifs is 1. The smallest absolute Gasteiger partial charge is 0.288 e. The number of hydroxylamine groups is 1. The van der Waals surface area contributed by atoms with Crippen molar-refractivity contribution >= 4 is 28.3 Å². The van der Waals surface area contributed by atoms with Gasteiger partial charge in [-0.2, -0.15) is 0 Å². The van der Waals surface area contributed by atoms with E-state index < -0.39 is 5.91 Å². The molecule has 1 aromatic carbocycles. The van der Waals surface area contributed by atoms with Gasteiger partial charge in [0.05, 0.1) is 5.02 Å². The van der Waals surface area contributed by atoms with Gasteiger partial charge in [-0.15, -0.1) is 0 Å². The average Bonchev–Trinajstić information content (AvgIpc) is 2.28. The Kier molecular flexibility index (Phi) is 2.53. The van der Waals surface area contributed by atoms with Crippen LogP contribution >= 0.6 is 11.6 Å². The maximum atomic E-state index is 11.3. The zero-order chi connectivity index (χ0) is 10.8. The highest BCUT2D eigenvalue weighted by Crippen LogP contribution is 2.25. The van der Waals surface area contributed by atoms with E-state index in [2.05, 4.69) is 4.98 Å². The van der Waals surface area contributed by atoms with Crippen LogP contribution in [0.3, 0.4) is 0 Å². The molecule has 0 aliphatic carbocycles. The number of amides is 1. The fourth-order valence-electron chi connectivity index (χ4n) is 1.41. The number of carbonyl (C=O) groups excluding carboxylic acids is 1. The van der Waals surface area contributed by atoms with Gasteiger partial charge >= 0.3 is 0 Å². The summed E-state index contributed by atoms with van der Waals surface area (Å²) in [6.45, 7) is 0. The molecule has 0 saturated carbocycles. The van der Waals surface area contributed by atoms with Crippen molar-refractivity contribution in [2.75, 3.05) is 0 Å². The number of rotatable bonds is 1. The number of halogens is 1. The minimum Gasteiger partial charge on any atom is -0.288 e. The highest BCUT2D eigenvalue weighted by atomic mass is 35.5. The molecule has 1 heterocycles. The van der Waals surface area contributed by atoms with Gasteiger partial charge in [0.15, 0.2) is 0 Å². The fraction of sp³-hybridized carbons (Fsp3) is 0. The summed E-state index contributed by atoms with van der Waals surface area (Å²) in [5, 5.41) is 10.3. The van der Waals surface area contributed by atoms with Crippen LogP contribution in [0.25, 0.3) is 10.8 Å². The van der Waals surface area contributed by atoms with E-state index >= 15 is 0 Å². The molecule has 0 unspecified atom stereocenters. The lowest BCUT2D eigenvalue weighted by molar-refractivity contribution is 0.0703. The van der Waals surface area contributed by atoms with Gasteiger partial charge in [0.1, 0.15) is 5.69 Å². The Labute approximate surface area is 90.5 Å². The quantitative estimate of drug-likeness (QED) is 0.573. The number of benzene rings is 1.